The molecule has 1 heterocycles. The molecule has 0 saturated heterocycles. The van der Waals surface area contributed by atoms with Gasteiger partial charge in [0.1, 0.15) is 9.84 Å². The zero-order chi connectivity index (χ0) is 13.2. The molecule has 0 spiro atoms. The molecular weight excluding hydrogens is 252 g/mol. The molecule has 0 aromatic heterocycles. The molecule has 0 atom stereocenters. The summed E-state index contributed by atoms with van der Waals surface area (Å²) in [4.78, 5) is 11.6. The maximum absolute atomic E-state index is 11.6. The topological polar surface area (TPSA) is 75.3 Å². The Hall–Kier alpha value is -1.56. The third-order valence-electron chi connectivity index (χ3n) is 2.80. The largest absolute Gasteiger partial charge is 0.384 e. The van der Waals surface area contributed by atoms with Gasteiger partial charge in [-0.15, -0.1) is 0 Å². The minimum Gasteiger partial charge on any atom is -0.384 e. The van der Waals surface area contributed by atoms with E-state index in [0.29, 0.717) is 0 Å². The maximum atomic E-state index is 11.6. The fourth-order valence-corrected chi connectivity index (χ4v) is 2.44. The normalized spacial score (nSPS) is 13.8. The van der Waals surface area contributed by atoms with Crippen LogP contribution in [0.25, 0.3) is 0 Å². The quantitative estimate of drug-likeness (QED) is 0.855. The monoisotopic (exact) mass is 268 g/mol. The standard InChI is InChI=1S/C12H16N2O3S/c1-18(16,17)7-5-12(15)14-10-2-3-11-9(8-10)4-6-13-11/h2-3,8,13H,4-7H2,1H3,(H,14,15). The highest BCUT2D eigenvalue weighted by Crippen LogP contribution is 2.25. The summed E-state index contributed by atoms with van der Waals surface area (Å²) >= 11 is 0. The summed E-state index contributed by atoms with van der Waals surface area (Å²) in [6.45, 7) is 0.917. The van der Waals surface area contributed by atoms with E-state index in [2.05, 4.69) is 10.6 Å². The van der Waals surface area contributed by atoms with Gasteiger partial charge in [0.25, 0.3) is 0 Å². The Morgan fingerprint density at radius 2 is 2.22 bits per heavy atom. The highest BCUT2D eigenvalue weighted by atomic mass is 32.2. The number of benzene rings is 1. The van der Waals surface area contributed by atoms with Gasteiger partial charge in [-0.05, 0) is 30.2 Å². The van der Waals surface area contributed by atoms with Gasteiger partial charge in [-0.1, -0.05) is 0 Å². The van der Waals surface area contributed by atoms with Gasteiger partial charge >= 0.3 is 0 Å². The number of hydrogen-bond donors (Lipinski definition) is 2. The van der Waals surface area contributed by atoms with Crippen molar-refractivity contribution in [2.45, 2.75) is 12.8 Å². The van der Waals surface area contributed by atoms with Crippen molar-refractivity contribution >= 4 is 27.1 Å². The summed E-state index contributed by atoms with van der Waals surface area (Å²) in [6, 6.07) is 5.66. The van der Waals surface area contributed by atoms with Gasteiger partial charge in [0.2, 0.25) is 5.91 Å². The Labute approximate surface area is 107 Å². The lowest BCUT2D eigenvalue weighted by atomic mass is 10.1. The number of sulfone groups is 1. The number of hydrogen-bond acceptors (Lipinski definition) is 4. The lowest BCUT2D eigenvalue weighted by Gasteiger charge is -2.07. The first-order valence-electron chi connectivity index (χ1n) is 5.78. The van der Waals surface area contributed by atoms with E-state index in [-0.39, 0.29) is 18.1 Å². The van der Waals surface area contributed by atoms with Gasteiger partial charge in [0, 0.05) is 30.6 Å². The third kappa shape index (κ3) is 3.46. The molecule has 98 valence electrons. The minimum atomic E-state index is -3.09. The van der Waals surface area contributed by atoms with E-state index in [1.54, 1.807) is 0 Å². The average molecular weight is 268 g/mol. The molecule has 1 amide bonds. The maximum Gasteiger partial charge on any atom is 0.225 e. The second-order valence-electron chi connectivity index (χ2n) is 4.48. The molecule has 6 heteroatoms. The van der Waals surface area contributed by atoms with Crippen LogP contribution in [0.4, 0.5) is 11.4 Å². The number of rotatable bonds is 4. The Bertz CT molecular complexity index is 567. The van der Waals surface area contributed by atoms with E-state index in [1.807, 2.05) is 18.2 Å². The molecule has 18 heavy (non-hydrogen) atoms. The molecule has 0 unspecified atom stereocenters. The second-order valence-corrected chi connectivity index (χ2v) is 6.74. The predicted octanol–water partition coefficient (Wildman–Crippen LogP) is 1.03. The van der Waals surface area contributed by atoms with Gasteiger partial charge in [-0.2, -0.15) is 0 Å². The van der Waals surface area contributed by atoms with Crippen molar-refractivity contribution in [3.05, 3.63) is 23.8 Å². The van der Waals surface area contributed by atoms with Gasteiger partial charge in [0.05, 0.1) is 5.75 Å². The van der Waals surface area contributed by atoms with Crippen LogP contribution in [0.2, 0.25) is 0 Å². The first-order valence-corrected chi connectivity index (χ1v) is 7.84. The van der Waals surface area contributed by atoms with E-state index in [0.717, 1.165) is 30.6 Å². The molecule has 0 radical (unpaired) electrons. The summed E-state index contributed by atoms with van der Waals surface area (Å²) in [5.74, 6) is -0.392. The molecule has 0 bridgehead atoms. The van der Waals surface area contributed by atoms with E-state index >= 15 is 0 Å². The van der Waals surface area contributed by atoms with Gasteiger partial charge in [0.15, 0.2) is 0 Å². The van der Waals surface area contributed by atoms with Crippen molar-refractivity contribution in [2.24, 2.45) is 0 Å². The Balaban J connectivity index is 1.95. The number of nitrogens with one attached hydrogen (secondary N) is 2. The Morgan fingerprint density at radius 3 is 2.94 bits per heavy atom. The molecule has 0 fully saturated rings. The summed E-state index contributed by atoms with van der Waals surface area (Å²) in [6.07, 6.45) is 2.07. The van der Waals surface area contributed by atoms with Crippen LogP contribution in [0.15, 0.2) is 18.2 Å². The van der Waals surface area contributed by atoms with Crippen LogP contribution in [0, 0.1) is 0 Å². The van der Waals surface area contributed by atoms with Gasteiger partial charge in [-0.25, -0.2) is 8.42 Å². The van der Waals surface area contributed by atoms with Crippen LogP contribution >= 0.6 is 0 Å². The summed E-state index contributed by atoms with van der Waals surface area (Å²) in [5.41, 5.74) is 3.00. The molecule has 2 rings (SSSR count). The fourth-order valence-electron chi connectivity index (χ4n) is 1.88. The van der Waals surface area contributed by atoms with Crippen molar-refractivity contribution < 1.29 is 13.2 Å². The number of fused-ring (bicyclic) bond motifs is 1. The molecule has 0 saturated carbocycles. The third-order valence-corrected chi connectivity index (χ3v) is 3.74. The van der Waals surface area contributed by atoms with E-state index in [4.69, 9.17) is 0 Å². The first kappa shape index (κ1) is 12.9. The summed E-state index contributed by atoms with van der Waals surface area (Å²) < 4.78 is 21.9. The van der Waals surface area contributed by atoms with Crippen LogP contribution in [0.5, 0.6) is 0 Å². The molecule has 0 aliphatic carbocycles. The van der Waals surface area contributed by atoms with E-state index in [1.165, 1.54) is 5.56 Å². The molecule has 1 aliphatic rings. The van der Waals surface area contributed by atoms with Crippen LogP contribution in [0.1, 0.15) is 12.0 Å². The number of carbonyl (C=O) groups is 1. The molecule has 5 nitrogen and oxygen atoms in total. The molecule has 1 aromatic rings. The Morgan fingerprint density at radius 1 is 1.44 bits per heavy atom. The van der Waals surface area contributed by atoms with Gasteiger partial charge in [-0.3, -0.25) is 4.79 Å². The molecular formula is C12H16N2O3S. The lowest BCUT2D eigenvalue weighted by molar-refractivity contribution is -0.115. The van der Waals surface area contributed by atoms with Crippen molar-refractivity contribution in [3.63, 3.8) is 0 Å². The SMILES string of the molecule is CS(=O)(=O)CCC(=O)Nc1ccc2c(c1)CCN2. The number of carbonyl (C=O) groups excluding carboxylic acids is 1. The average Bonchev–Trinajstić information content (AvgIpc) is 2.72. The van der Waals surface area contributed by atoms with Crippen molar-refractivity contribution in [1.82, 2.24) is 0 Å². The van der Waals surface area contributed by atoms with Crippen molar-refractivity contribution in [2.75, 3.05) is 29.2 Å². The molecule has 2 N–H and O–H groups in total. The smallest absolute Gasteiger partial charge is 0.225 e. The molecule has 1 aromatic carbocycles. The van der Waals surface area contributed by atoms with Gasteiger partial charge < -0.3 is 10.6 Å². The Kier molecular flexibility index (Phi) is 3.56. The highest BCUT2D eigenvalue weighted by molar-refractivity contribution is 7.90. The molecule has 1 aliphatic heterocycles. The number of anilines is 2. The van der Waals surface area contributed by atoms with Crippen LogP contribution in [-0.2, 0) is 21.1 Å². The highest BCUT2D eigenvalue weighted by Gasteiger charge is 2.12. The summed E-state index contributed by atoms with van der Waals surface area (Å²) in [7, 11) is -3.09. The van der Waals surface area contributed by atoms with Crippen molar-refractivity contribution in [1.29, 1.82) is 0 Å². The summed E-state index contributed by atoms with van der Waals surface area (Å²) in [5, 5.41) is 5.95. The first-order chi connectivity index (χ1) is 8.44. The minimum absolute atomic E-state index is 0.00579. The number of amides is 1. The van der Waals surface area contributed by atoms with Crippen LogP contribution in [-0.4, -0.2) is 32.9 Å². The van der Waals surface area contributed by atoms with Crippen molar-refractivity contribution in [3.8, 4) is 0 Å². The second kappa shape index (κ2) is 4.97. The van der Waals surface area contributed by atoms with Crippen LogP contribution < -0.4 is 10.6 Å². The lowest BCUT2D eigenvalue weighted by Crippen LogP contribution is -2.16. The van der Waals surface area contributed by atoms with E-state index in [9.17, 15) is 13.2 Å². The fraction of sp³-hybridized carbons (Fsp3) is 0.417. The van der Waals surface area contributed by atoms with E-state index < -0.39 is 9.84 Å². The van der Waals surface area contributed by atoms with Crippen LogP contribution in [0.3, 0.4) is 0 Å². The zero-order valence-corrected chi connectivity index (χ0v) is 11.0. The zero-order valence-electron chi connectivity index (χ0n) is 10.2. The predicted molar refractivity (Wildman–Crippen MR) is 71.6 cm³/mol.